The van der Waals surface area contributed by atoms with Gasteiger partial charge in [-0.15, -0.1) is 24.0 Å². The summed E-state index contributed by atoms with van der Waals surface area (Å²) in [5, 5.41) is 6.56. The van der Waals surface area contributed by atoms with Crippen LogP contribution in [0.1, 0.15) is 31.7 Å². The second-order valence-corrected chi connectivity index (χ2v) is 10.6. The first-order valence-electron chi connectivity index (χ1n) is 9.78. The summed E-state index contributed by atoms with van der Waals surface area (Å²) < 4.78 is 38.1. The molecule has 166 valence electrons. The van der Waals surface area contributed by atoms with Crippen LogP contribution in [-0.2, 0) is 26.6 Å². The Morgan fingerprint density at radius 3 is 2.48 bits per heavy atom. The molecule has 0 spiro atoms. The smallest absolute Gasteiger partial charge is 0.214 e. The van der Waals surface area contributed by atoms with Crippen LogP contribution in [0.3, 0.4) is 0 Å². The SMILES string of the molecule is CCCS(=O)(=O)N1CCC(NC(=NC)NCCS(=O)Cc2ccccc2)CC1.I. The van der Waals surface area contributed by atoms with Crippen LogP contribution in [0.5, 0.6) is 0 Å². The molecule has 1 aliphatic rings. The van der Waals surface area contributed by atoms with Gasteiger partial charge in [0.05, 0.1) is 5.75 Å². The van der Waals surface area contributed by atoms with E-state index in [2.05, 4.69) is 15.6 Å². The highest BCUT2D eigenvalue weighted by Crippen LogP contribution is 2.15. The van der Waals surface area contributed by atoms with Gasteiger partial charge in [0.1, 0.15) is 0 Å². The van der Waals surface area contributed by atoms with Crippen LogP contribution in [0.15, 0.2) is 35.3 Å². The monoisotopic (exact) mass is 556 g/mol. The van der Waals surface area contributed by atoms with Gasteiger partial charge in [0, 0.05) is 55.0 Å². The predicted molar refractivity (Wildman–Crippen MR) is 132 cm³/mol. The van der Waals surface area contributed by atoms with Crippen LogP contribution >= 0.6 is 24.0 Å². The van der Waals surface area contributed by atoms with Crippen LogP contribution in [-0.4, -0.2) is 67.1 Å². The fourth-order valence-electron chi connectivity index (χ4n) is 3.17. The molecule has 1 atom stereocenters. The van der Waals surface area contributed by atoms with E-state index >= 15 is 0 Å². The first-order valence-corrected chi connectivity index (χ1v) is 12.9. The zero-order chi connectivity index (χ0) is 20.4. The minimum absolute atomic E-state index is 0. The number of benzene rings is 1. The van der Waals surface area contributed by atoms with Crippen molar-refractivity contribution in [1.82, 2.24) is 14.9 Å². The fraction of sp³-hybridized carbons (Fsp3) is 0.632. The number of nitrogens with one attached hydrogen (secondary N) is 2. The molecule has 1 heterocycles. The van der Waals surface area contributed by atoms with Gasteiger partial charge >= 0.3 is 0 Å². The summed E-state index contributed by atoms with van der Waals surface area (Å²) in [6, 6.07) is 10.0. The van der Waals surface area contributed by atoms with Crippen molar-refractivity contribution in [2.45, 2.75) is 38.0 Å². The first kappa shape index (κ1) is 26.3. The third-order valence-corrected chi connectivity index (χ3v) is 8.06. The minimum atomic E-state index is -3.11. The first-order chi connectivity index (χ1) is 13.4. The van der Waals surface area contributed by atoms with Gasteiger partial charge in [-0.1, -0.05) is 37.3 Å². The summed E-state index contributed by atoms with van der Waals surface area (Å²) in [4.78, 5) is 4.22. The van der Waals surface area contributed by atoms with Crippen LogP contribution in [0.2, 0.25) is 0 Å². The van der Waals surface area contributed by atoms with E-state index in [0.29, 0.717) is 43.5 Å². The molecule has 0 aliphatic carbocycles. The third-order valence-electron chi connectivity index (χ3n) is 4.67. The standard InChI is InChI=1S/C19H32N4O3S2.HI/c1-3-15-28(25,26)23-12-9-18(10-13-23)22-19(20-2)21-11-14-27(24)16-17-7-5-4-6-8-17;/h4-8,18H,3,9-16H2,1-2H3,(H2,20,21,22);1H. The van der Waals surface area contributed by atoms with E-state index in [9.17, 15) is 12.6 Å². The second kappa shape index (κ2) is 13.6. The Morgan fingerprint density at radius 1 is 1.24 bits per heavy atom. The normalized spacial score (nSPS) is 17.4. The lowest BCUT2D eigenvalue weighted by molar-refractivity contribution is 0.306. The van der Waals surface area contributed by atoms with Crippen molar-refractivity contribution < 1.29 is 12.6 Å². The molecule has 0 amide bonds. The maximum atomic E-state index is 12.2. The molecule has 1 aliphatic heterocycles. The van der Waals surface area contributed by atoms with Gasteiger partial charge in [-0.25, -0.2) is 12.7 Å². The molecule has 0 bridgehead atoms. The zero-order valence-electron chi connectivity index (χ0n) is 17.2. The van der Waals surface area contributed by atoms with E-state index in [1.807, 2.05) is 37.3 Å². The maximum Gasteiger partial charge on any atom is 0.214 e. The molecule has 7 nitrogen and oxygen atoms in total. The molecule has 2 rings (SSSR count). The van der Waals surface area contributed by atoms with E-state index in [4.69, 9.17) is 0 Å². The van der Waals surface area contributed by atoms with Crippen molar-refractivity contribution in [3.05, 3.63) is 35.9 Å². The Labute approximate surface area is 194 Å². The number of halogens is 1. The van der Waals surface area contributed by atoms with E-state index in [1.54, 1.807) is 11.4 Å². The molecule has 1 aromatic carbocycles. The number of rotatable bonds is 9. The van der Waals surface area contributed by atoms with Crippen molar-refractivity contribution in [2.75, 3.05) is 38.2 Å². The summed E-state index contributed by atoms with van der Waals surface area (Å²) in [6.45, 7) is 3.54. The lowest BCUT2D eigenvalue weighted by Crippen LogP contribution is -2.50. The Hall–Kier alpha value is -0.720. The quantitative estimate of drug-likeness (QED) is 0.276. The van der Waals surface area contributed by atoms with E-state index < -0.39 is 20.8 Å². The number of guanidine groups is 1. The van der Waals surface area contributed by atoms with Crippen molar-refractivity contribution in [1.29, 1.82) is 0 Å². The molecule has 29 heavy (non-hydrogen) atoms. The molecule has 10 heteroatoms. The molecule has 0 aromatic heterocycles. The maximum absolute atomic E-state index is 12.2. The number of hydrogen-bond donors (Lipinski definition) is 2. The Kier molecular flexibility index (Phi) is 12.3. The van der Waals surface area contributed by atoms with Crippen LogP contribution in [0.4, 0.5) is 0 Å². The third kappa shape index (κ3) is 9.31. The summed E-state index contributed by atoms with van der Waals surface area (Å²) in [6.07, 6.45) is 2.15. The summed E-state index contributed by atoms with van der Waals surface area (Å²) in [5.41, 5.74) is 1.08. The number of nitrogens with zero attached hydrogens (tertiary/aromatic N) is 2. The van der Waals surface area contributed by atoms with Crippen molar-refractivity contribution in [3.63, 3.8) is 0 Å². The predicted octanol–water partition coefficient (Wildman–Crippen LogP) is 1.92. The van der Waals surface area contributed by atoms with Gasteiger partial charge in [-0.2, -0.15) is 0 Å². The Bertz CT molecular complexity index is 752. The van der Waals surface area contributed by atoms with Gasteiger partial charge < -0.3 is 10.6 Å². The summed E-state index contributed by atoms with van der Waals surface area (Å²) in [7, 11) is -2.34. The van der Waals surface area contributed by atoms with Crippen LogP contribution < -0.4 is 10.6 Å². The van der Waals surface area contributed by atoms with E-state index in [1.165, 1.54) is 0 Å². The van der Waals surface area contributed by atoms with E-state index in [-0.39, 0.29) is 35.8 Å². The minimum Gasteiger partial charge on any atom is -0.355 e. The van der Waals surface area contributed by atoms with Crippen molar-refractivity contribution in [3.8, 4) is 0 Å². The second-order valence-electron chi connectivity index (χ2n) is 6.91. The Balaban J connectivity index is 0.00000420. The Morgan fingerprint density at radius 2 is 1.90 bits per heavy atom. The molecule has 1 unspecified atom stereocenters. The average Bonchev–Trinajstić information content (AvgIpc) is 2.68. The zero-order valence-corrected chi connectivity index (χ0v) is 21.1. The van der Waals surface area contributed by atoms with E-state index in [0.717, 1.165) is 18.4 Å². The lowest BCUT2D eigenvalue weighted by Gasteiger charge is -2.32. The van der Waals surface area contributed by atoms with Gasteiger partial charge in [-0.3, -0.25) is 9.20 Å². The molecule has 2 N–H and O–H groups in total. The molecular weight excluding hydrogens is 523 g/mol. The fourth-order valence-corrected chi connectivity index (χ4v) is 5.75. The van der Waals surface area contributed by atoms with Gasteiger partial charge in [0.25, 0.3) is 0 Å². The van der Waals surface area contributed by atoms with Gasteiger partial charge in [-0.05, 0) is 24.8 Å². The lowest BCUT2D eigenvalue weighted by atomic mass is 10.1. The van der Waals surface area contributed by atoms with Crippen molar-refractivity contribution in [2.24, 2.45) is 4.99 Å². The van der Waals surface area contributed by atoms with Gasteiger partial charge in [0.2, 0.25) is 10.0 Å². The molecular formula is C19H33IN4O3S2. The topological polar surface area (TPSA) is 90.9 Å². The van der Waals surface area contributed by atoms with Crippen molar-refractivity contribution >= 4 is 50.8 Å². The number of hydrogen-bond acceptors (Lipinski definition) is 4. The number of sulfonamides is 1. The largest absolute Gasteiger partial charge is 0.355 e. The van der Waals surface area contributed by atoms with Crippen LogP contribution in [0.25, 0.3) is 0 Å². The average molecular weight is 557 g/mol. The molecule has 1 saturated heterocycles. The number of aliphatic imine (C=N–C) groups is 1. The molecule has 0 radical (unpaired) electrons. The summed E-state index contributed by atoms with van der Waals surface area (Å²) >= 11 is 0. The summed E-state index contributed by atoms with van der Waals surface area (Å²) in [5.74, 6) is 1.99. The highest BCUT2D eigenvalue weighted by Gasteiger charge is 2.27. The van der Waals surface area contributed by atoms with Gasteiger partial charge in [0.15, 0.2) is 5.96 Å². The number of piperidine rings is 1. The molecule has 1 fully saturated rings. The van der Waals surface area contributed by atoms with Crippen LogP contribution in [0, 0.1) is 0 Å². The molecule has 0 saturated carbocycles. The highest BCUT2D eigenvalue weighted by atomic mass is 127. The highest BCUT2D eigenvalue weighted by molar-refractivity contribution is 14.0. The molecule has 1 aromatic rings.